The lowest BCUT2D eigenvalue weighted by Gasteiger charge is -2.04. The number of nitrogens with one attached hydrogen (secondary N) is 1. The Kier molecular flexibility index (Phi) is 7.03. The summed E-state index contributed by atoms with van der Waals surface area (Å²) in [5.41, 5.74) is 6.84. The number of carbonyl (C=O) groups is 1. The summed E-state index contributed by atoms with van der Waals surface area (Å²) in [6, 6.07) is 15.9. The number of hydrogen-bond donors (Lipinski definition) is 1. The van der Waals surface area contributed by atoms with Crippen LogP contribution in [0.5, 0.6) is 0 Å². The van der Waals surface area contributed by atoms with E-state index < -0.39 is 4.92 Å². The highest BCUT2D eigenvalue weighted by molar-refractivity contribution is 7.99. The Bertz CT molecular complexity index is 1050. The number of benzene rings is 2. The van der Waals surface area contributed by atoms with Crippen LogP contribution in [0, 0.1) is 24.0 Å². The maximum absolute atomic E-state index is 11.9. The molecule has 1 amide bonds. The molecule has 2 aromatic carbocycles. The number of rotatable bonds is 8. The first kappa shape index (κ1) is 21.3. The lowest BCUT2D eigenvalue weighted by molar-refractivity contribution is -0.384. The Balaban J connectivity index is 1.47. The topological polar surface area (TPSA) is 97.7 Å². The molecule has 0 aliphatic heterocycles. The highest BCUT2D eigenvalue weighted by atomic mass is 32.2. The van der Waals surface area contributed by atoms with E-state index in [9.17, 15) is 14.9 Å². The number of hydrogen-bond acceptors (Lipinski definition) is 6. The third kappa shape index (κ3) is 6.05. The maximum atomic E-state index is 11.9. The summed E-state index contributed by atoms with van der Waals surface area (Å²) < 4.78 is 5.64. The van der Waals surface area contributed by atoms with E-state index in [1.165, 1.54) is 46.8 Å². The van der Waals surface area contributed by atoms with E-state index in [0.717, 1.165) is 5.75 Å². The Morgan fingerprint density at radius 1 is 1.13 bits per heavy atom. The van der Waals surface area contributed by atoms with Crippen LogP contribution in [0.25, 0.3) is 11.3 Å². The molecule has 0 bridgehead atoms. The van der Waals surface area contributed by atoms with Crippen LogP contribution in [-0.4, -0.2) is 22.8 Å². The number of amides is 1. The zero-order valence-electron chi connectivity index (χ0n) is 16.6. The Morgan fingerprint density at radius 3 is 2.50 bits per heavy atom. The fraction of sp³-hybridized carbons (Fsp3) is 0.182. The SMILES string of the molecule is Cc1cc(C)cc(CSCC(=O)N/N=C/c2ccc(-c3ccc([N+](=O)[O-])cc3)o2)c1. The molecule has 1 N–H and O–H groups in total. The molecule has 30 heavy (non-hydrogen) atoms. The van der Waals surface area contributed by atoms with Crippen LogP contribution in [0.3, 0.4) is 0 Å². The van der Waals surface area contributed by atoms with Gasteiger partial charge in [-0.25, -0.2) is 5.43 Å². The molecule has 0 aliphatic carbocycles. The van der Waals surface area contributed by atoms with E-state index in [0.29, 0.717) is 22.8 Å². The second-order valence-electron chi connectivity index (χ2n) is 6.79. The summed E-state index contributed by atoms with van der Waals surface area (Å²) in [6.45, 7) is 4.12. The van der Waals surface area contributed by atoms with Crippen molar-refractivity contribution in [3.8, 4) is 11.3 Å². The molecule has 154 valence electrons. The van der Waals surface area contributed by atoms with Gasteiger partial charge >= 0.3 is 0 Å². The number of carbonyl (C=O) groups excluding carboxylic acids is 1. The third-order valence-electron chi connectivity index (χ3n) is 4.15. The molecule has 8 heteroatoms. The van der Waals surface area contributed by atoms with Gasteiger partial charge in [0.2, 0.25) is 5.91 Å². The zero-order chi connectivity index (χ0) is 21.5. The molecule has 0 atom stereocenters. The zero-order valence-corrected chi connectivity index (χ0v) is 17.4. The van der Waals surface area contributed by atoms with Crippen molar-refractivity contribution < 1.29 is 14.1 Å². The fourth-order valence-electron chi connectivity index (χ4n) is 2.94. The molecule has 1 aromatic heterocycles. The molecule has 7 nitrogen and oxygen atoms in total. The number of nitro groups is 1. The lowest BCUT2D eigenvalue weighted by Crippen LogP contribution is -2.19. The van der Waals surface area contributed by atoms with Gasteiger partial charge < -0.3 is 4.42 Å². The normalized spacial score (nSPS) is 11.0. The van der Waals surface area contributed by atoms with E-state index >= 15 is 0 Å². The third-order valence-corrected chi connectivity index (χ3v) is 5.16. The minimum Gasteiger partial charge on any atom is -0.455 e. The van der Waals surface area contributed by atoms with Gasteiger partial charge in [-0.3, -0.25) is 14.9 Å². The van der Waals surface area contributed by atoms with E-state index in [1.54, 1.807) is 24.3 Å². The van der Waals surface area contributed by atoms with Gasteiger partial charge in [0.05, 0.1) is 16.9 Å². The predicted octanol–water partition coefficient (Wildman–Crippen LogP) is 4.86. The number of aryl methyl sites for hydroxylation is 2. The van der Waals surface area contributed by atoms with Gasteiger partial charge in [-0.05, 0) is 43.7 Å². The van der Waals surface area contributed by atoms with Gasteiger partial charge in [0.25, 0.3) is 5.69 Å². The number of nitrogens with zero attached hydrogens (tertiary/aromatic N) is 2. The van der Waals surface area contributed by atoms with Gasteiger partial charge in [-0.1, -0.05) is 29.3 Å². The van der Waals surface area contributed by atoms with Gasteiger partial charge in [-0.15, -0.1) is 11.8 Å². The maximum Gasteiger partial charge on any atom is 0.269 e. The summed E-state index contributed by atoms with van der Waals surface area (Å²) in [7, 11) is 0. The Hall–Kier alpha value is -3.39. The smallest absolute Gasteiger partial charge is 0.269 e. The van der Waals surface area contributed by atoms with Crippen LogP contribution in [-0.2, 0) is 10.5 Å². The van der Waals surface area contributed by atoms with Crippen molar-refractivity contribution in [1.29, 1.82) is 0 Å². The average Bonchev–Trinajstić information content (AvgIpc) is 3.16. The first-order chi connectivity index (χ1) is 14.4. The summed E-state index contributed by atoms with van der Waals surface area (Å²) >= 11 is 1.53. The fourth-order valence-corrected chi connectivity index (χ4v) is 3.69. The second kappa shape index (κ2) is 9.89. The molecule has 0 saturated carbocycles. The van der Waals surface area contributed by atoms with E-state index in [2.05, 4.69) is 42.6 Å². The number of furan rings is 1. The number of non-ortho nitro benzene ring substituents is 1. The lowest BCUT2D eigenvalue weighted by atomic mass is 10.1. The average molecular weight is 423 g/mol. The summed E-state index contributed by atoms with van der Waals surface area (Å²) in [6.07, 6.45) is 1.42. The van der Waals surface area contributed by atoms with Gasteiger partial charge in [0.15, 0.2) is 0 Å². The van der Waals surface area contributed by atoms with Gasteiger partial charge in [0.1, 0.15) is 11.5 Å². The number of nitro benzene ring substituents is 1. The van der Waals surface area contributed by atoms with Crippen molar-refractivity contribution >= 4 is 29.6 Å². The molecule has 0 radical (unpaired) electrons. The molecule has 1 heterocycles. The van der Waals surface area contributed by atoms with Gasteiger partial charge in [0, 0.05) is 23.4 Å². The van der Waals surface area contributed by atoms with E-state index in [-0.39, 0.29) is 11.6 Å². The molecule has 0 saturated heterocycles. The van der Waals surface area contributed by atoms with Crippen molar-refractivity contribution in [3.05, 3.63) is 87.2 Å². The van der Waals surface area contributed by atoms with Crippen LogP contribution < -0.4 is 5.43 Å². The molecular weight excluding hydrogens is 402 g/mol. The number of thioether (sulfide) groups is 1. The quantitative estimate of drug-likeness (QED) is 0.317. The summed E-state index contributed by atoms with van der Waals surface area (Å²) in [5, 5.41) is 14.6. The minimum absolute atomic E-state index is 0.0187. The van der Waals surface area contributed by atoms with Crippen molar-refractivity contribution in [2.75, 3.05) is 5.75 Å². The molecule has 0 unspecified atom stereocenters. The largest absolute Gasteiger partial charge is 0.455 e. The summed E-state index contributed by atoms with van der Waals surface area (Å²) in [4.78, 5) is 22.2. The Morgan fingerprint density at radius 2 is 1.83 bits per heavy atom. The van der Waals surface area contributed by atoms with Gasteiger partial charge in [-0.2, -0.15) is 5.10 Å². The van der Waals surface area contributed by atoms with Crippen LogP contribution in [0.1, 0.15) is 22.5 Å². The van der Waals surface area contributed by atoms with Crippen molar-refractivity contribution in [3.63, 3.8) is 0 Å². The number of hydrazone groups is 1. The first-order valence-electron chi connectivity index (χ1n) is 9.22. The van der Waals surface area contributed by atoms with Crippen molar-refractivity contribution in [1.82, 2.24) is 5.43 Å². The predicted molar refractivity (Wildman–Crippen MR) is 119 cm³/mol. The molecule has 3 aromatic rings. The van der Waals surface area contributed by atoms with Crippen molar-refractivity contribution in [2.24, 2.45) is 5.10 Å². The molecule has 0 fully saturated rings. The highest BCUT2D eigenvalue weighted by Crippen LogP contribution is 2.24. The molecule has 0 spiro atoms. The van der Waals surface area contributed by atoms with E-state index in [4.69, 9.17) is 4.42 Å². The van der Waals surface area contributed by atoms with Crippen molar-refractivity contribution in [2.45, 2.75) is 19.6 Å². The molecule has 3 rings (SSSR count). The minimum atomic E-state index is -0.451. The Labute approximate surface area is 178 Å². The van der Waals surface area contributed by atoms with Crippen LogP contribution >= 0.6 is 11.8 Å². The van der Waals surface area contributed by atoms with E-state index in [1.807, 2.05) is 0 Å². The summed E-state index contributed by atoms with van der Waals surface area (Å²) in [5.74, 6) is 1.89. The first-order valence-corrected chi connectivity index (χ1v) is 10.4. The second-order valence-corrected chi connectivity index (χ2v) is 7.77. The standard InChI is InChI=1S/C22H21N3O4S/c1-15-9-16(2)11-17(10-15)13-30-14-22(26)24-23-12-20-7-8-21(29-20)18-3-5-19(6-4-18)25(27)28/h3-12H,13-14H2,1-2H3,(H,24,26)/b23-12+. The highest BCUT2D eigenvalue weighted by Gasteiger charge is 2.08. The van der Waals surface area contributed by atoms with Crippen LogP contribution in [0.2, 0.25) is 0 Å². The van der Waals surface area contributed by atoms with Crippen LogP contribution in [0.15, 0.2) is 64.1 Å². The molecular formula is C22H21N3O4S. The molecule has 0 aliphatic rings. The monoisotopic (exact) mass is 423 g/mol. The van der Waals surface area contributed by atoms with Crippen LogP contribution in [0.4, 0.5) is 5.69 Å².